The van der Waals surface area contributed by atoms with Gasteiger partial charge >= 0.3 is 0 Å². The van der Waals surface area contributed by atoms with Gasteiger partial charge in [-0.25, -0.2) is 9.97 Å². The molecule has 78 valence electrons. The van der Waals surface area contributed by atoms with Crippen molar-refractivity contribution in [1.29, 1.82) is 0 Å². The minimum Gasteiger partial charge on any atom is -0.348 e. The van der Waals surface area contributed by atoms with Crippen LogP contribution in [0.1, 0.15) is 19.0 Å². The van der Waals surface area contributed by atoms with Crippen molar-refractivity contribution in [2.75, 3.05) is 18.4 Å². The molecule has 3 rings (SSSR count). The van der Waals surface area contributed by atoms with E-state index < -0.39 is 0 Å². The van der Waals surface area contributed by atoms with Crippen LogP contribution < -0.4 is 5.32 Å². The van der Waals surface area contributed by atoms with Crippen LogP contribution >= 0.6 is 0 Å². The third-order valence-electron chi connectivity index (χ3n) is 2.85. The van der Waals surface area contributed by atoms with Gasteiger partial charge in [-0.3, -0.25) is 4.99 Å². The zero-order valence-electron chi connectivity index (χ0n) is 8.64. The summed E-state index contributed by atoms with van der Waals surface area (Å²) in [5.74, 6) is 1.87. The first-order chi connectivity index (χ1) is 7.40. The zero-order valence-corrected chi connectivity index (χ0v) is 8.64. The van der Waals surface area contributed by atoms with Gasteiger partial charge in [-0.05, 0) is 6.42 Å². The average Bonchev–Trinajstić information content (AvgIpc) is 2.77. The van der Waals surface area contributed by atoms with E-state index in [0.29, 0.717) is 6.17 Å². The molecule has 1 unspecified atom stereocenters. The van der Waals surface area contributed by atoms with Crippen molar-refractivity contribution in [2.45, 2.75) is 19.5 Å². The molecule has 0 bridgehead atoms. The van der Waals surface area contributed by atoms with Crippen LogP contribution in [0.15, 0.2) is 17.4 Å². The summed E-state index contributed by atoms with van der Waals surface area (Å²) in [6, 6.07) is 0. The highest BCUT2D eigenvalue weighted by Gasteiger charge is 2.33. The van der Waals surface area contributed by atoms with Crippen molar-refractivity contribution in [3.8, 4) is 0 Å². The third kappa shape index (κ3) is 1.19. The van der Waals surface area contributed by atoms with Crippen molar-refractivity contribution in [3.05, 3.63) is 18.1 Å². The molecule has 0 amide bonds. The molecule has 5 nitrogen and oxygen atoms in total. The second kappa shape index (κ2) is 3.18. The molecule has 1 atom stereocenters. The molecular formula is C10H13N5. The Labute approximate surface area is 88.3 Å². The molecule has 5 heteroatoms. The lowest BCUT2D eigenvalue weighted by Gasteiger charge is -2.35. The largest absolute Gasteiger partial charge is 0.348 e. The van der Waals surface area contributed by atoms with Gasteiger partial charge in [0.05, 0.1) is 6.54 Å². The maximum Gasteiger partial charge on any atom is 0.157 e. The molecule has 0 saturated carbocycles. The van der Waals surface area contributed by atoms with Crippen molar-refractivity contribution >= 4 is 11.7 Å². The van der Waals surface area contributed by atoms with Crippen LogP contribution in [0.4, 0.5) is 5.82 Å². The number of rotatable bonds is 1. The van der Waals surface area contributed by atoms with Crippen LogP contribution in [0.2, 0.25) is 0 Å². The molecule has 0 fully saturated rings. The van der Waals surface area contributed by atoms with Crippen LogP contribution in [0, 0.1) is 0 Å². The Kier molecular flexibility index (Phi) is 1.83. The summed E-state index contributed by atoms with van der Waals surface area (Å²) < 4.78 is 0. The maximum atomic E-state index is 4.50. The number of amidine groups is 1. The minimum absolute atomic E-state index is 0.315. The number of hydrogen-bond donors (Lipinski definition) is 1. The molecule has 1 aromatic heterocycles. The summed E-state index contributed by atoms with van der Waals surface area (Å²) in [5, 5.41) is 3.39. The SMILES string of the molecule is CCC1Nc2nccnc2C2=NCCN21. The van der Waals surface area contributed by atoms with Gasteiger partial charge < -0.3 is 10.2 Å². The Morgan fingerprint density at radius 2 is 2.33 bits per heavy atom. The second-order valence-corrected chi connectivity index (χ2v) is 3.72. The molecule has 15 heavy (non-hydrogen) atoms. The predicted octanol–water partition coefficient (Wildman–Crippen LogP) is 0.700. The summed E-state index contributed by atoms with van der Waals surface area (Å²) in [5.41, 5.74) is 0.889. The highest BCUT2D eigenvalue weighted by Crippen LogP contribution is 2.25. The first kappa shape index (κ1) is 8.64. The van der Waals surface area contributed by atoms with E-state index in [1.165, 1.54) is 0 Å². The summed E-state index contributed by atoms with van der Waals surface area (Å²) in [4.78, 5) is 15.4. The van der Waals surface area contributed by atoms with E-state index in [1.807, 2.05) is 0 Å². The molecule has 0 radical (unpaired) electrons. The van der Waals surface area contributed by atoms with Gasteiger partial charge in [0.25, 0.3) is 0 Å². The summed E-state index contributed by atoms with van der Waals surface area (Å²) in [7, 11) is 0. The molecule has 0 aromatic carbocycles. The molecule has 1 aromatic rings. The van der Waals surface area contributed by atoms with Crippen LogP contribution in [0.25, 0.3) is 0 Å². The van der Waals surface area contributed by atoms with Crippen molar-refractivity contribution < 1.29 is 0 Å². The van der Waals surface area contributed by atoms with E-state index in [2.05, 4.69) is 32.1 Å². The fourth-order valence-electron chi connectivity index (χ4n) is 2.14. The number of nitrogens with zero attached hydrogens (tertiary/aromatic N) is 4. The smallest absolute Gasteiger partial charge is 0.157 e. The molecule has 2 aliphatic heterocycles. The van der Waals surface area contributed by atoms with Gasteiger partial charge in [0, 0.05) is 18.9 Å². The standard InChI is InChI=1S/C10H13N5/c1-2-7-14-9-8(11-3-4-12-9)10-13-5-6-15(7)10/h3-4,7H,2,5-6H2,1H3,(H,12,14). The minimum atomic E-state index is 0.315. The summed E-state index contributed by atoms with van der Waals surface area (Å²) in [6.45, 7) is 4.01. The maximum absolute atomic E-state index is 4.50. The number of anilines is 1. The second-order valence-electron chi connectivity index (χ2n) is 3.72. The van der Waals surface area contributed by atoms with Gasteiger partial charge in [0.2, 0.25) is 0 Å². The molecular weight excluding hydrogens is 190 g/mol. The quantitative estimate of drug-likeness (QED) is 0.730. The van der Waals surface area contributed by atoms with E-state index in [4.69, 9.17) is 0 Å². The highest BCUT2D eigenvalue weighted by molar-refractivity contribution is 6.03. The molecule has 0 saturated heterocycles. The van der Waals surface area contributed by atoms with E-state index in [0.717, 1.165) is 36.9 Å². The van der Waals surface area contributed by atoms with Gasteiger partial charge in [0.15, 0.2) is 11.7 Å². The number of fused-ring (bicyclic) bond motifs is 3. The van der Waals surface area contributed by atoms with Crippen LogP contribution in [-0.2, 0) is 0 Å². The Morgan fingerprint density at radius 3 is 3.20 bits per heavy atom. The van der Waals surface area contributed by atoms with E-state index in [9.17, 15) is 0 Å². The molecule has 3 heterocycles. The number of nitrogens with one attached hydrogen (secondary N) is 1. The first-order valence-corrected chi connectivity index (χ1v) is 5.29. The normalized spacial score (nSPS) is 22.9. The van der Waals surface area contributed by atoms with Crippen LogP contribution in [-0.4, -0.2) is 40.0 Å². The lowest BCUT2D eigenvalue weighted by Crippen LogP contribution is -2.47. The highest BCUT2D eigenvalue weighted by atomic mass is 15.4. The predicted molar refractivity (Wildman–Crippen MR) is 57.8 cm³/mol. The Hall–Kier alpha value is -1.65. The van der Waals surface area contributed by atoms with E-state index in [-0.39, 0.29) is 0 Å². The fraction of sp³-hybridized carbons (Fsp3) is 0.500. The topological polar surface area (TPSA) is 53.4 Å². The molecule has 0 spiro atoms. The van der Waals surface area contributed by atoms with E-state index >= 15 is 0 Å². The van der Waals surface area contributed by atoms with Crippen LogP contribution in [0.3, 0.4) is 0 Å². The van der Waals surface area contributed by atoms with Crippen molar-refractivity contribution in [1.82, 2.24) is 14.9 Å². The van der Waals surface area contributed by atoms with Crippen molar-refractivity contribution in [2.24, 2.45) is 4.99 Å². The number of hydrogen-bond acceptors (Lipinski definition) is 5. The van der Waals surface area contributed by atoms with Crippen molar-refractivity contribution in [3.63, 3.8) is 0 Å². The number of aliphatic imine (C=N–C) groups is 1. The Morgan fingerprint density at radius 1 is 1.47 bits per heavy atom. The zero-order chi connectivity index (χ0) is 10.3. The average molecular weight is 203 g/mol. The van der Waals surface area contributed by atoms with E-state index in [1.54, 1.807) is 12.4 Å². The lowest BCUT2D eigenvalue weighted by molar-refractivity contribution is 0.350. The fourth-order valence-corrected chi connectivity index (χ4v) is 2.14. The molecule has 2 aliphatic rings. The monoisotopic (exact) mass is 203 g/mol. The van der Waals surface area contributed by atoms with Gasteiger partial charge in [-0.1, -0.05) is 6.92 Å². The van der Waals surface area contributed by atoms with Gasteiger partial charge in [-0.2, -0.15) is 0 Å². The molecule has 1 N–H and O–H groups in total. The van der Waals surface area contributed by atoms with Crippen LogP contribution in [0.5, 0.6) is 0 Å². The summed E-state index contributed by atoms with van der Waals surface area (Å²) in [6.07, 6.45) is 4.78. The Balaban J connectivity index is 2.10. The van der Waals surface area contributed by atoms with Gasteiger partial charge in [-0.15, -0.1) is 0 Å². The Bertz CT molecular complexity index is 414. The molecule has 0 aliphatic carbocycles. The third-order valence-corrected chi connectivity index (χ3v) is 2.85. The first-order valence-electron chi connectivity index (χ1n) is 5.29. The lowest BCUT2D eigenvalue weighted by atomic mass is 10.2. The van der Waals surface area contributed by atoms with Gasteiger partial charge in [0.1, 0.15) is 11.9 Å². The number of aromatic nitrogens is 2. The summed E-state index contributed by atoms with van der Waals surface area (Å²) >= 11 is 0.